The van der Waals surface area contributed by atoms with Crippen LogP contribution in [0, 0.1) is 0 Å². The molecule has 0 amide bonds. The maximum Gasteiger partial charge on any atom is 0.472 e. The maximum absolute atomic E-state index is 12.6. The van der Waals surface area contributed by atoms with Gasteiger partial charge in [0.1, 0.15) is 12.7 Å². The Morgan fingerprint density at radius 1 is 0.623 bits per heavy atom. The van der Waals surface area contributed by atoms with Crippen molar-refractivity contribution in [2.75, 3.05) is 26.4 Å². The number of aliphatic hydroxyl groups is 2. The van der Waals surface area contributed by atoms with Gasteiger partial charge in [0.15, 0.2) is 6.10 Å². The molecule has 0 saturated heterocycles. The monoisotopic (exact) mass is 771 g/mol. The van der Waals surface area contributed by atoms with Gasteiger partial charge in [0.25, 0.3) is 0 Å². The van der Waals surface area contributed by atoms with Crippen molar-refractivity contribution in [3.63, 3.8) is 0 Å². The molecule has 53 heavy (non-hydrogen) atoms. The maximum atomic E-state index is 12.6. The number of unbranched alkanes of at least 4 members (excludes halogenated alkanes) is 19. The quantitative estimate of drug-likeness (QED) is 0.0138. The first kappa shape index (κ1) is 50.9. The molecule has 0 rings (SSSR count). The minimum absolute atomic E-state index is 0.148. The smallest absolute Gasteiger partial charge is 0.458 e. The van der Waals surface area contributed by atoms with Gasteiger partial charge >= 0.3 is 19.8 Å². The predicted octanol–water partition coefficient (Wildman–Crippen LogP) is 10.6. The van der Waals surface area contributed by atoms with E-state index in [2.05, 4.69) is 42.7 Å². The Labute approximate surface area is 322 Å². The number of carbonyl (C=O) groups excluding carboxylic acids is 2. The van der Waals surface area contributed by atoms with E-state index >= 15 is 0 Å². The molecule has 3 atom stereocenters. The second-order valence-corrected chi connectivity index (χ2v) is 15.2. The fourth-order valence-electron chi connectivity index (χ4n) is 5.35. The SMILES string of the molecule is CCCCC/C=C/C/C=C/CCCCCCCC(=O)O[C@H](COC(=O)/C=C/C=C/CCCCCCCCCCCCC)COP(=O)(O)OC[C@@H](O)CO. The number of rotatable bonds is 38. The summed E-state index contributed by atoms with van der Waals surface area (Å²) in [5.41, 5.74) is 0. The average Bonchev–Trinajstić information content (AvgIpc) is 3.14. The van der Waals surface area contributed by atoms with Crippen LogP contribution in [0.1, 0.15) is 168 Å². The Bertz CT molecular complexity index is 1030. The number of hydrogen-bond donors (Lipinski definition) is 3. The molecule has 0 aromatic heterocycles. The lowest BCUT2D eigenvalue weighted by molar-refractivity contribution is -0.159. The van der Waals surface area contributed by atoms with Crippen LogP contribution in [0.3, 0.4) is 0 Å². The van der Waals surface area contributed by atoms with Crippen LogP contribution in [0.15, 0.2) is 48.6 Å². The van der Waals surface area contributed by atoms with Crippen molar-refractivity contribution in [2.45, 2.75) is 180 Å². The van der Waals surface area contributed by atoms with Gasteiger partial charge in [-0.05, 0) is 51.4 Å². The van der Waals surface area contributed by atoms with E-state index in [1.165, 1.54) is 89.5 Å². The fourth-order valence-corrected chi connectivity index (χ4v) is 6.14. The fraction of sp³-hybridized carbons (Fsp3) is 0.762. The van der Waals surface area contributed by atoms with Crippen LogP contribution in [0.5, 0.6) is 0 Å². The second kappa shape index (κ2) is 38.2. The van der Waals surface area contributed by atoms with Crippen molar-refractivity contribution in [3.05, 3.63) is 48.6 Å². The topological polar surface area (TPSA) is 149 Å². The molecule has 0 heterocycles. The molecular weight excluding hydrogens is 695 g/mol. The third-order valence-electron chi connectivity index (χ3n) is 8.56. The van der Waals surface area contributed by atoms with Gasteiger partial charge in [0, 0.05) is 12.5 Å². The largest absolute Gasteiger partial charge is 0.472 e. The van der Waals surface area contributed by atoms with E-state index < -0.39 is 58.4 Å². The predicted molar refractivity (Wildman–Crippen MR) is 214 cm³/mol. The lowest BCUT2D eigenvalue weighted by Gasteiger charge is -2.20. The molecule has 0 bridgehead atoms. The Kier molecular flexibility index (Phi) is 36.7. The van der Waals surface area contributed by atoms with E-state index in [1.807, 2.05) is 6.08 Å². The van der Waals surface area contributed by atoms with Gasteiger partial charge in [0.05, 0.1) is 19.8 Å². The molecular formula is C42H75O10P. The number of esters is 2. The van der Waals surface area contributed by atoms with Gasteiger partial charge in [-0.1, -0.05) is 153 Å². The first-order chi connectivity index (χ1) is 25.7. The number of aliphatic hydroxyl groups excluding tert-OH is 2. The lowest BCUT2D eigenvalue weighted by atomic mass is 10.1. The van der Waals surface area contributed by atoms with Crippen molar-refractivity contribution >= 4 is 19.8 Å². The van der Waals surface area contributed by atoms with Gasteiger partial charge in [-0.2, -0.15) is 0 Å². The summed E-state index contributed by atoms with van der Waals surface area (Å²) in [6, 6.07) is 0. The summed E-state index contributed by atoms with van der Waals surface area (Å²) in [6.07, 6.45) is 39.9. The molecule has 10 nitrogen and oxygen atoms in total. The van der Waals surface area contributed by atoms with Crippen LogP contribution in [0.25, 0.3) is 0 Å². The van der Waals surface area contributed by atoms with E-state index in [0.29, 0.717) is 6.42 Å². The number of phosphoric acid groups is 1. The standard InChI is InChI=1S/C42H75O10P/c1-3-5-7-9-11-13-15-17-19-21-23-25-27-29-31-33-41(45)49-37-40(38-51-53(47,48)50-36-39(44)35-43)52-42(46)34-32-30-28-26-24-22-20-18-16-14-12-10-8-6-4-2/h12,14,18,20,27,29,31,33,39-40,43-44H,3-11,13,15-17,19,21-26,28,30,32,34-38H2,1-2H3,(H,47,48)/b14-12+,20-18+,29-27+,33-31+/t39-,40+/m0/s1. The summed E-state index contributed by atoms with van der Waals surface area (Å²) >= 11 is 0. The molecule has 0 aliphatic heterocycles. The molecule has 11 heteroatoms. The normalized spacial score (nSPS) is 14.4. The Morgan fingerprint density at radius 2 is 1.11 bits per heavy atom. The number of carbonyl (C=O) groups is 2. The molecule has 1 unspecified atom stereocenters. The Balaban J connectivity index is 4.46. The summed E-state index contributed by atoms with van der Waals surface area (Å²) in [6.45, 7) is 2.20. The Morgan fingerprint density at radius 3 is 1.70 bits per heavy atom. The zero-order valence-corrected chi connectivity index (χ0v) is 34.1. The highest BCUT2D eigenvalue weighted by Crippen LogP contribution is 2.43. The van der Waals surface area contributed by atoms with Gasteiger partial charge < -0.3 is 24.6 Å². The number of phosphoric ester groups is 1. The van der Waals surface area contributed by atoms with Gasteiger partial charge in [-0.3, -0.25) is 13.8 Å². The first-order valence-corrected chi connectivity index (χ1v) is 22.1. The molecule has 0 saturated carbocycles. The zero-order valence-electron chi connectivity index (χ0n) is 33.2. The van der Waals surface area contributed by atoms with E-state index in [4.69, 9.17) is 19.1 Å². The van der Waals surface area contributed by atoms with E-state index in [9.17, 15) is 24.2 Å². The van der Waals surface area contributed by atoms with Crippen molar-refractivity contribution in [3.8, 4) is 0 Å². The summed E-state index contributed by atoms with van der Waals surface area (Å²) in [5, 5.41) is 18.3. The molecule has 0 aliphatic carbocycles. The average molecular weight is 771 g/mol. The van der Waals surface area contributed by atoms with Gasteiger partial charge in [-0.15, -0.1) is 0 Å². The molecule has 3 N–H and O–H groups in total. The zero-order chi connectivity index (χ0) is 39.1. The highest BCUT2D eigenvalue weighted by molar-refractivity contribution is 7.47. The first-order valence-electron chi connectivity index (χ1n) is 20.6. The van der Waals surface area contributed by atoms with Crippen molar-refractivity contribution < 1.29 is 47.8 Å². The molecule has 0 aliphatic rings. The van der Waals surface area contributed by atoms with E-state index in [0.717, 1.165) is 57.8 Å². The van der Waals surface area contributed by atoms with Crippen LogP contribution in [0.4, 0.5) is 0 Å². The number of ether oxygens (including phenoxy) is 2. The minimum Gasteiger partial charge on any atom is -0.458 e. The number of allylic oxidation sites excluding steroid dienone is 7. The third kappa shape index (κ3) is 38.0. The van der Waals surface area contributed by atoms with Crippen LogP contribution in [-0.2, 0) is 32.7 Å². The van der Waals surface area contributed by atoms with Gasteiger partial charge in [0.2, 0.25) is 0 Å². The molecule has 0 fully saturated rings. The third-order valence-corrected chi connectivity index (χ3v) is 9.51. The molecule has 0 aromatic carbocycles. The van der Waals surface area contributed by atoms with Gasteiger partial charge in [-0.25, -0.2) is 9.36 Å². The van der Waals surface area contributed by atoms with Crippen LogP contribution in [0.2, 0.25) is 0 Å². The van der Waals surface area contributed by atoms with Crippen molar-refractivity contribution in [1.82, 2.24) is 0 Å². The summed E-state index contributed by atoms with van der Waals surface area (Å²) in [5.74, 6) is -1.20. The van der Waals surface area contributed by atoms with Crippen LogP contribution >= 0.6 is 7.82 Å². The summed E-state index contributed by atoms with van der Waals surface area (Å²) in [7, 11) is -4.64. The molecule has 0 radical (unpaired) electrons. The Hall–Kier alpha value is -2.07. The minimum atomic E-state index is -4.64. The van der Waals surface area contributed by atoms with Crippen LogP contribution < -0.4 is 0 Å². The highest BCUT2D eigenvalue weighted by atomic mass is 31.2. The molecule has 0 spiro atoms. The van der Waals surface area contributed by atoms with Crippen molar-refractivity contribution in [2.24, 2.45) is 0 Å². The molecule has 0 aromatic rings. The van der Waals surface area contributed by atoms with Crippen LogP contribution in [-0.4, -0.2) is 65.7 Å². The highest BCUT2D eigenvalue weighted by Gasteiger charge is 2.27. The van der Waals surface area contributed by atoms with E-state index in [1.54, 1.807) is 12.2 Å². The lowest BCUT2D eigenvalue weighted by Crippen LogP contribution is -2.29. The van der Waals surface area contributed by atoms with E-state index in [-0.39, 0.29) is 6.42 Å². The van der Waals surface area contributed by atoms with Crippen molar-refractivity contribution in [1.29, 1.82) is 0 Å². The number of hydrogen-bond acceptors (Lipinski definition) is 9. The summed E-state index contributed by atoms with van der Waals surface area (Å²) < 4.78 is 32.4. The molecule has 308 valence electrons. The second-order valence-electron chi connectivity index (χ2n) is 13.7. The summed E-state index contributed by atoms with van der Waals surface area (Å²) in [4.78, 5) is 34.8.